The lowest BCUT2D eigenvalue weighted by Gasteiger charge is -2.07. The maximum absolute atomic E-state index is 12.0. The fourth-order valence-corrected chi connectivity index (χ4v) is 2.79. The highest BCUT2D eigenvalue weighted by molar-refractivity contribution is 7.99. The van der Waals surface area contributed by atoms with E-state index < -0.39 is 0 Å². The molecule has 126 valence electrons. The van der Waals surface area contributed by atoms with Gasteiger partial charge in [-0.1, -0.05) is 18.3 Å². The van der Waals surface area contributed by atoms with Crippen molar-refractivity contribution in [1.29, 1.82) is 0 Å². The molecular formula is C16H13N5O3S. The first-order valence-corrected chi connectivity index (χ1v) is 8.10. The molecule has 2 heterocycles. The molecule has 0 bridgehead atoms. The van der Waals surface area contributed by atoms with E-state index in [1.54, 1.807) is 24.4 Å². The Labute approximate surface area is 147 Å². The van der Waals surface area contributed by atoms with Crippen LogP contribution in [0, 0.1) is 6.57 Å². The second-order valence-corrected chi connectivity index (χ2v) is 5.90. The summed E-state index contributed by atoms with van der Waals surface area (Å²) in [5.74, 6) is 0.452. The zero-order chi connectivity index (χ0) is 17.8. The maximum Gasteiger partial charge on any atom is 0.271 e. The van der Waals surface area contributed by atoms with E-state index in [2.05, 4.69) is 25.1 Å². The Morgan fingerprint density at radius 1 is 1.48 bits per heavy atom. The number of hydrogen-bond acceptors (Lipinski definition) is 6. The number of H-pyrrole nitrogens is 1. The molecule has 8 nitrogen and oxygen atoms in total. The number of rotatable bonds is 5. The van der Waals surface area contributed by atoms with E-state index in [0.717, 1.165) is 0 Å². The summed E-state index contributed by atoms with van der Waals surface area (Å²) in [5, 5.41) is 13.0. The number of carbonyl (C=O) groups excluding carboxylic acids is 1. The van der Waals surface area contributed by atoms with Gasteiger partial charge < -0.3 is 25.0 Å². The predicted molar refractivity (Wildman–Crippen MR) is 94.2 cm³/mol. The average Bonchev–Trinajstić information content (AvgIpc) is 3.02. The van der Waals surface area contributed by atoms with Gasteiger partial charge in [-0.05, 0) is 18.2 Å². The molecule has 3 N–H and O–H groups in total. The number of aromatic amines is 1. The summed E-state index contributed by atoms with van der Waals surface area (Å²) in [5.41, 5.74) is 1.80. The Hall–Kier alpha value is -3.25. The van der Waals surface area contributed by atoms with Crippen molar-refractivity contribution in [2.75, 3.05) is 18.2 Å². The van der Waals surface area contributed by atoms with Crippen LogP contribution in [0.2, 0.25) is 0 Å². The lowest BCUT2D eigenvalue weighted by Crippen LogP contribution is -2.14. The SMILES string of the molecule is [C-]#[N+]c1cc2nc(SCC(=O)Nc3ccc(OC)c(O)c3)[nH]c2cn1. The van der Waals surface area contributed by atoms with Gasteiger partial charge in [-0.25, -0.2) is 4.98 Å². The van der Waals surface area contributed by atoms with E-state index in [1.165, 1.54) is 24.9 Å². The van der Waals surface area contributed by atoms with Crippen molar-refractivity contribution in [3.63, 3.8) is 0 Å². The molecule has 0 unspecified atom stereocenters. The molecule has 0 fully saturated rings. The van der Waals surface area contributed by atoms with Gasteiger partial charge in [0.15, 0.2) is 16.7 Å². The number of aromatic nitrogens is 3. The Morgan fingerprint density at radius 2 is 2.32 bits per heavy atom. The molecule has 25 heavy (non-hydrogen) atoms. The zero-order valence-corrected chi connectivity index (χ0v) is 13.9. The van der Waals surface area contributed by atoms with Crippen molar-refractivity contribution in [3.8, 4) is 11.5 Å². The van der Waals surface area contributed by atoms with Crippen LogP contribution in [0.5, 0.6) is 11.5 Å². The summed E-state index contributed by atoms with van der Waals surface area (Å²) in [6.07, 6.45) is 1.54. The van der Waals surface area contributed by atoms with Gasteiger partial charge in [-0.15, -0.1) is 4.98 Å². The summed E-state index contributed by atoms with van der Waals surface area (Å²) in [6.45, 7) is 6.95. The van der Waals surface area contributed by atoms with Gasteiger partial charge in [-0.2, -0.15) is 0 Å². The standard InChI is InChI=1S/C16H13N5O3S/c1-17-14-6-10-11(7-18-14)21-16(20-10)25-8-15(23)19-9-3-4-13(24-2)12(22)5-9/h3-7,22H,8H2,2H3,(H,19,23)(H,20,21). The van der Waals surface area contributed by atoms with Crippen molar-refractivity contribution in [2.45, 2.75) is 5.16 Å². The minimum atomic E-state index is -0.241. The monoisotopic (exact) mass is 355 g/mol. The molecule has 3 rings (SSSR count). The molecule has 0 radical (unpaired) electrons. The number of anilines is 1. The quantitative estimate of drug-likeness (QED) is 0.480. The molecule has 1 amide bonds. The molecule has 0 aliphatic heterocycles. The van der Waals surface area contributed by atoms with Gasteiger partial charge in [0.05, 0.1) is 18.4 Å². The first kappa shape index (κ1) is 16.6. The van der Waals surface area contributed by atoms with Gasteiger partial charge >= 0.3 is 0 Å². The lowest BCUT2D eigenvalue weighted by atomic mass is 10.3. The predicted octanol–water partition coefficient (Wildman–Crippen LogP) is 2.95. The van der Waals surface area contributed by atoms with E-state index in [9.17, 15) is 9.90 Å². The fraction of sp³-hybridized carbons (Fsp3) is 0.125. The number of carbonyl (C=O) groups is 1. The molecular weight excluding hydrogens is 342 g/mol. The third kappa shape index (κ3) is 3.81. The van der Waals surface area contributed by atoms with E-state index >= 15 is 0 Å². The highest BCUT2D eigenvalue weighted by Crippen LogP contribution is 2.28. The number of ether oxygens (including phenoxy) is 1. The van der Waals surface area contributed by atoms with Gasteiger partial charge in [-0.3, -0.25) is 4.79 Å². The van der Waals surface area contributed by atoms with Crippen molar-refractivity contribution in [3.05, 3.63) is 41.9 Å². The number of aromatic hydroxyl groups is 1. The summed E-state index contributed by atoms with van der Waals surface area (Å²) < 4.78 is 4.95. The molecule has 0 saturated heterocycles. The number of benzene rings is 1. The summed E-state index contributed by atoms with van der Waals surface area (Å²) in [7, 11) is 1.45. The van der Waals surface area contributed by atoms with Crippen LogP contribution in [0.4, 0.5) is 11.5 Å². The number of imidazole rings is 1. The number of nitrogens with zero attached hydrogens (tertiary/aromatic N) is 3. The summed E-state index contributed by atoms with van der Waals surface area (Å²) >= 11 is 1.23. The molecule has 2 aromatic heterocycles. The van der Waals surface area contributed by atoms with Crippen LogP contribution in [-0.2, 0) is 4.79 Å². The average molecular weight is 355 g/mol. The van der Waals surface area contributed by atoms with Crippen LogP contribution in [-0.4, -0.2) is 38.8 Å². The van der Waals surface area contributed by atoms with Gasteiger partial charge in [0.25, 0.3) is 5.82 Å². The largest absolute Gasteiger partial charge is 0.504 e. The maximum atomic E-state index is 12.0. The number of phenolic OH excluding ortho intramolecular Hbond substituents is 1. The van der Waals surface area contributed by atoms with Gasteiger partial charge in [0.2, 0.25) is 5.91 Å². The van der Waals surface area contributed by atoms with Gasteiger partial charge in [0.1, 0.15) is 11.7 Å². The van der Waals surface area contributed by atoms with Gasteiger partial charge in [0, 0.05) is 11.8 Å². The van der Waals surface area contributed by atoms with Crippen molar-refractivity contribution < 1.29 is 14.6 Å². The third-order valence-electron chi connectivity index (χ3n) is 3.25. The Bertz CT molecular complexity index is 980. The zero-order valence-electron chi connectivity index (χ0n) is 13.1. The highest BCUT2D eigenvalue weighted by atomic mass is 32.2. The topological polar surface area (TPSA) is 104 Å². The number of amides is 1. The second-order valence-electron chi connectivity index (χ2n) is 4.94. The molecule has 0 saturated carbocycles. The fourth-order valence-electron chi connectivity index (χ4n) is 2.10. The Balaban J connectivity index is 1.62. The highest BCUT2D eigenvalue weighted by Gasteiger charge is 2.10. The Kier molecular flexibility index (Phi) is 4.72. The van der Waals surface area contributed by atoms with Crippen LogP contribution in [0.15, 0.2) is 35.6 Å². The molecule has 9 heteroatoms. The number of hydrogen-bond donors (Lipinski definition) is 3. The number of pyridine rings is 1. The number of nitrogens with one attached hydrogen (secondary N) is 2. The van der Waals surface area contributed by atoms with Crippen molar-refractivity contribution >= 4 is 40.2 Å². The molecule has 0 aliphatic carbocycles. The molecule has 0 atom stereocenters. The van der Waals surface area contributed by atoms with E-state index in [-0.39, 0.29) is 23.2 Å². The minimum absolute atomic E-state index is 0.0478. The number of fused-ring (bicyclic) bond motifs is 1. The van der Waals surface area contributed by atoms with Crippen molar-refractivity contribution in [1.82, 2.24) is 15.0 Å². The molecule has 1 aromatic carbocycles. The molecule has 0 aliphatic rings. The smallest absolute Gasteiger partial charge is 0.271 e. The Morgan fingerprint density at radius 3 is 3.04 bits per heavy atom. The van der Waals surface area contributed by atoms with E-state index in [4.69, 9.17) is 11.3 Å². The van der Waals surface area contributed by atoms with E-state index in [1.807, 2.05) is 0 Å². The van der Waals surface area contributed by atoms with Crippen LogP contribution in [0.25, 0.3) is 15.9 Å². The number of methoxy groups -OCH3 is 1. The first-order chi connectivity index (χ1) is 12.1. The summed E-state index contributed by atoms with van der Waals surface area (Å²) in [4.78, 5) is 26.6. The number of phenols is 1. The van der Waals surface area contributed by atoms with Crippen LogP contribution in [0.3, 0.4) is 0 Å². The van der Waals surface area contributed by atoms with E-state index in [0.29, 0.717) is 27.6 Å². The molecule has 0 spiro atoms. The second kappa shape index (κ2) is 7.11. The number of thioether (sulfide) groups is 1. The van der Waals surface area contributed by atoms with Crippen LogP contribution < -0.4 is 10.1 Å². The first-order valence-electron chi connectivity index (χ1n) is 7.12. The summed E-state index contributed by atoms with van der Waals surface area (Å²) in [6, 6.07) is 6.21. The minimum Gasteiger partial charge on any atom is -0.504 e. The van der Waals surface area contributed by atoms with Crippen molar-refractivity contribution in [2.24, 2.45) is 0 Å². The van der Waals surface area contributed by atoms with Crippen LogP contribution >= 0.6 is 11.8 Å². The van der Waals surface area contributed by atoms with Crippen LogP contribution in [0.1, 0.15) is 0 Å². The lowest BCUT2D eigenvalue weighted by molar-refractivity contribution is -0.113. The third-order valence-corrected chi connectivity index (χ3v) is 4.12. The molecule has 3 aromatic rings. The normalized spacial score (nSPS) is 10.4.